The summed E-state index contributed by atoms with van der Waals surface area (Å²) < 4.78 is 2.21. The Morgan fingerprint density at radius 3 is 2.38 bits per heavy atom. The molecule has 2 aliphatic rings. The van der Waals surface area contributed by atoms with Crippen molar-refractivity contribution >= 4 is 28.3 Å². The van der Waals surface area contributed by atoms with Crippen LogP contribution in [0.3, 0.4) is 0 Å². The third-order valence-corrected chi connectivity index (χ3v) is 6.94. The molecule has 0 radical (unpaired) electrons. The molecular weight excluding hydrogens is 400 g/mol. The summed E-state index contributed by atoms with van der Waals surface area (Å²) >= 11 is 0. The predicted molar refractivity (Wildman–Crippen MR) is 126 cm³/mol. The van der Waals surface area contributed by atoms with Crippen LogP contribution in [-0.2, 0) is 0 Å². The number of carbonyl (C=O) groups excluding carboxylic acids is 1. The van der Waals surface area contributed by atoms with E-state index in [1.807, 2.05) is 49.6 Å². The Morgan fingerprint density at radius 2 is 1.75 bits per heavy atom. The molecule has 1 saturated carbocycles. The summed E-state index contributed by atoms with van der Waals surface area (Å²) in [7, 11) is 2.00. The molecule has 0 spiro atoms. The van der Waals surface area contributed by atoms with E-state index in [0.29, 0.717) is 17.6 Å². The smallest absolute Gasteiger partial charge is 0.159 e. The van der Waals surface area contributed by atoms with Crippen LogP contribution in [0.25, 0.3) is 11.0 Å². The van der Waals surface area contributed by atoms with E-state index in [9.17, 15) is 10.1 Å². The first-order chi connectivity index (χ1) is 15.6. The third kappa shape index (κ3) is 3.61. The molecule has 0 unspecified atom stereocenters. The minimum absolute atomic E-state index is 0.0931. The molecule has 1 aliphatic carbocycles. The Bertz CT molecular complexity index is 1180. The maximum absolute atomic E-state index is 11.5. The maximum Gasteiger partial charge on any atom is 0.159 e. The van der Waals surface area contributed by atoms with E-state index in [2.05, 4.69) is 25.8 Å². The van der Waals surface area contributed by atoms with E-state index < -0.39 is 0 Å². The molecule has 1 saturated heterocycles. The number of anilines is 2. The van der Waals surface area contributed by atoms with Gasteiger partial charge in [0.25, 0.3) is 0 Å². The lowest BCUT2D eigenvalue weighted by molar-refractivity contribution is 0.101. The molecule has 1 aromatic carbocycles. The number of hydrogen-bond donors (Lipinski definition) is 1. The zero-order valence-electron chi connectivity index (χ0n) is 18.6. The first-order valence-electron chi connectivity index (χ1n) is 11.3. The number of nitrogens with one attached hydrogen (secondary N) is 1. The molecule has 1 aliphatic heterocycles. The largest absolute Gasteiger partial charge is 0.368 e. The highest BCUT2D eigenvalue weighted by Crippen LogP contribution is 2.36. The summed E-state index contributed by atoms with van der Waals surface area (Å²) in [5.41, 5.74) is 3.51. The number of aromatic nitrogens is 2. The second-order valence-corrected chi connectivity index (χ2v) is 8.79. The zero-order chi connectivity index (χ0) is 22.2. The fraction of sp³-hybridized carbons (Fsp3) is 0.400. The van der Waals surface area contributed by atoms with Gasteiger partial charge in [0.2, 0.25) is 0 Å². The van der Waals surface area contributed by atoms with Gasteiger partial charge in [-0.3, -0.25) is 4.79 Å². The number of nitriles is 1. The molecule has 2 fully saturated rings. The summed E-state index contributed by atoms with van der Waals surface area (Å²) in [4.78, 5) is 21.2. The molecule has 3 heterocycles. The molecule has 3 aromatic rings. The highest BCUT2D eigenvalue weighted by atomic mass is 16.1. The average molecular weight is 429 g/mol. The molecule has 7 nitrogen and oxygen atoms in total. The Hall–Kier alpha value is -3.37. The van der Waals surface area contributed by atoms with E-state index in [4.69, 9.17) is 4.98 Å². The summed E-state index contributed by atoms with van der Waals surface area (Å²) in [6, 6.07) is 15.2. The number of pyridine rings is 1. The van der Waals surface area contributed by atoms with Gasteiger partial charge in [-0.1, -0.05) is 0 Å². The molecule has 0 atom stereocenters. The van der Waals surface area contributed by atoms with Gasteiger partial charge in [0.1, 0.15) is 17.5 Å². The van der Waals surface area contributed by atoms with Crippen molar-refractivity contribution in [1.82, 2.24) is 14.9 Å². The number of piperazine rings is 1. The van der Waals surface area contributed by atoms with Gasteiger partial charge in [0.05, 0.1) is 5.56 Å². The number of Topliss-reactive ketones (excluding diaryl/α,β-unsaturated/α-hetero) is 1. The summed E-state index contributed by atoms with van der Waals surface area (Å²) in [6.45, 7) is 5.15. The van der Waals surface area contributed by atoms with E-state index in [1.54, 1.807) is 6.92 Å². The van der Waals surface area contributed by atoms with Crippen molar-refractivity contribution in [2.24, 2.45) is 0 Å². The van der Waals surface area contributed by atoms with Crippen LogP contribution in [0.4, 0.5) is 11.5 Å². The van der Waals surface area contributed by atoms with Crippen LogP contribution in [0.5, 0.6) is 0 Å². The van der Waals surface area contributed by atoms with Crippen molar-refractivity contribution in [2.75, 3.05) is 43.0 Å². The number of rotatable bonds is 5. The monoisotopic (exact) mass is 428 g/mol. The van der Waals surface area contributed by atoms with Gasteiger partial charge in [-0.15, -0.1) is 0 Å². The highest BCUT2D eigenvalue weighted by Gasteiger charge is 2.31. The topological polar surface area (TPSA) is 77.2 Å². The lowest BCUT2D eigenvalue weighted by Crippen LogP contribution is -2.46. The van der Waals surface area contributed by atoms with E-state index in [1.165, 1.54) is 0 Å². The molecule has 2 aromatic heterocycles. The number of hydrogen-bond acceptors (Lipinski definition) is 6. The maximum atomic E-state index is 11.5. The number of ketones is 1. The number of fused-ring (bicyclic) bond motifs is 1. The van der Waals surface area contributed by atoms with Crippen molar-refractivity contribution in [1.29, 1.82) is 5.26 Å². The second kappa shape index (κ2) is 8.29. The van der Waals surface area contributed by atoms with Crippen molar-refractivity contribution in [2.45, 2.75) is 31.8 Å². The van der Waals surface area contributed by atoms with E-state index in [0.717, 1.165) is 67.1 Å². The highest BCUT2D eigenvalue weighted by molar-refractivity contribution is 5.94. The lowest BCUT2D eigenvalue weighted by Gasteiger charge is -2.37. The van der Waals surface area contributed by atoms with Gasteiger partial charge >= 0.3 is 0 Å². The van der Waals surface area contributed by atoms with E-state index in [-0.39, 0.29) is 5.78 Å². The average Bonchev–Trinajstić information content (AvgIpc) is 3.16. The van der Waals surface area contributed by atoms with Gasteiger partial charge in [0.15, 0.2) is 5.78 Å². The van der Waals surface area contributed by atoms with Crippen LogP contribution in [0, 0.1) is 11.3 Å². The van der Waals surface area contributed by atoms with Gasteiger partial charge in [-0.2, -0.15) is 5.26 Å². The van der Waals surface area contributed by atoms with Crippen LogP contribution < -0.4 is 15.1 Å². The van der Waals surface area contributed by atoms with Gasteiger partial charge < -0.3 is 19.7 Å². The Labute approximate surface area is 188 Å². The van der Waals surface area contributed by atoms with Crippen molar-refractivity contribution in [3.8, 4) is 6.07 Å². The van der Waals surface area contributed by atoms with Gasteiger partial charge in [0, 0.05) is 61.1 Å². The number of nitrogens with zero attached hydrogens (tertiary/aromatic N) is 5. The minimum atomic E-state index is 0.0931. The molecular formula is C25H28N6O. The molecule has 0 bridgehead atoms. The number of benzene rings is 1. The zero-order valence-corrected chi connectivity index (χ0v) is 18.6. The normalized spacial score (nSPS) is 20.8. The Balaban J connectivity index is 1.33. The van der Waals surface area contributed by atoms with Crippen molar-refractivity contribution < 1.29 is 4.79 Å². The Kier molecular flexibility index (Phi) is 5.32. The fourth-order valence-electron chi connectivity index (χ4n) is 4.81. The van der Waals surface area contributed by atoms with Crippen LogP contribution in [0.15, 0.2) is 42.6 Å². The number of carbonyl (C=O) groups is 1. The molecule has 7 heteroatoms. The van der Waals surface area contributed by atoms with Crippen LogP contribution in [-0.4, -0.2) is 54.6 Å². The quantitative estimate of drug-likeness (QED) is 0.628. The molecule has 0 amide bonds. The van der Waals surface area contributed by atoms with Crippen LogP contribution in [0.1, 0.15) is 41.7 Å². The summed E-state index contributed by atoms with van der Waals surface area (Å²) in [6.07, 6.45) is 4.11. The molecule has 32 heavy (non-hydrogen) atoms. The fourth-order valence-corrected chi connectivity index (χ4v) is 4.81. The molecule has 1 N–H and O–H groups in total. The SMILES string of the molecule is CN[C@H]1C[C@@H](n2cc(C#N)c3ccc(N4CCN(c5ccc(C(C)=O)cc5)CC4)nc32)C1. The lowest BCUT2D eigenvalue weighted by atomic mass is 9.87. The Morgan fingerprint density at radius 1 is 1.06 bits per heavy atom. The first-order valence-corrected chi connectivity index (χ1v) is 11.3. The summed E-state index contributed by atoms with van der Waals surface area (Å²) in [5, 5.41) is 13.9. The van der Waals surface area contributed by atoms with E-state index >= 15 is 0 Å². The van der Waals surface area contributed by atoms with Crippen molar-refractivity contribution in [3.63, 3.8) is 0 Å². The van der Waals surface area contributed by atoms with Crippen molar-refractivity contribution in [3.05, 3.63) is 53.7 Å². The van der Waals surface area contributed by atoms with Gasteiger partial charge in [-0.05, 0) is 63.2 Å². The first kappa shape index (κ1) is 20.5. The summed E-state index contributed by atoms with van der Waals surface area (Å²) in [5.74, 6) is 1.06. The van der Waals surface area contributed by atoms with Crippen LogP contribution >= 0.6 is 0 Å². The standard InChI is InChI=1S/C25H28N6O/c1-17(32)18-3-5-21(6-4-18)29-9-11-30(12-10-29)24-8-7-23-19(15-26)16-31(25(23)28-24)22-13-20(14-22)27-2/h3-8,16,20,22,27H,9-14H2,1-2H3/t20-,22+. The minimum Gasteiger partial charge on any atom is -0.368 e. The molecule has 164 valence electrons. The predicted octanol–water partition coefficient (Wildman–Crippen LogP) is 3.36. The second-order valence-electron chi connectivity index (χ2n) is 8.79. The molecule has 5 rings (SSSR count). The van der Waals surface area contributed by atoms with Crippen LogP contribution in [0.2, 0.25) is 0 Å². The third-order valence-electron chi connectivity index (χ3n) is 6.94. The van der Waals surface area contributed by atoms with Gasteiger partial charge in [-0.25, -0.2) is 4.98 Å².